The Balaban J connectivity index is 1.57. The summed E-state index contributed by atoms with van der Waals surface area (Å²) in [5.74, 6) is 0.457. The summed E-state index contributed by atoms with van der Waals surface area (Å²) in [5, 5.41) is 2.73. The molecule has 0 aromatic heterocycles. The number of nitrogens with zero attached hydrogens (tertiary/aromatic N) is 1. The van der Waals surface area contributed by atoms with E-state index in [0.717, 1.165) is 55.7 Å². The van der Waals surface area contributed by atoms with Crippen molar-refractivity contribution in [2.75, 3.05) is 18.4 Å². The van der Waals surface area contributed by atoms with Gasteiger partial charge >= 0.3 is 6.03 Å². The smallest absolute Gasteiger partial charge is 0.316 e. The highest BCUT2D eigenvalue weighted by atomic mass is 19.1. The number of urea groups is 1. The molecule has 0 radical (unpaired) electrons. The van der Waals surface area contributed by atoms with Crippen LogP contribution in [0.1, 0.15) is 29.5 Å². The third-order valence-electron chi connectivity index (χ3n) is 5.19. The summed E-state index contributed by atoms with van der Waals surface area (Å²) < 4.78 is 13.0. The lowest BCUT2D eigenvalue weighted by atomic mass is 9.90. The highest BCUT2D eigenvalue weighted by Crippen LogP contribution is 2.26. The first-order valence-electron chi connectivity index (χ1n) is 9.13. The van der Waals surface area contributed by atoms with Crippen LogP contribution in [0.5, 0.6) is 0 Å². The van der Waals surface area contributed by atoms with Gasteiger partial charge < -0.3 is 11.1 Å². The third kappa shape index (κ3) is 4.82. The Morgan fingerprint density at radius 1 is 1.19 bits per heavy atom. The first-order valence-corrected chi connectivity index (χ1v) is 9.13. The van der Waals surface area contributed by atoms with Gasteiger partial charge in [0.2, 0.25) is 0 Å². The van der Waals surface area contributed by atoms with Crippen LogP contribution in [0.2, 0.25) is 0 Å². The Bertz CT molecular complexity index is 752. The van der Waals surface area contributed by atoms with Crippen molar-refractivity contribution in [3.63, 3.8) is 0 Å². The number of aryl methyl sites for hydroxylation is 1. The second-order valence-corrected chi connectivity index (χ2v) is 7.14. The van der Waals surface area contributed by atoms with Crippen molar-refractivity contribution in [3.05, 3.63) is 65.0 Å². The molecule has 3 rings (SSSR count). The fourth-order valence-corrected chi connectivity index (χ4v) is 3.69. The number of benzene rings is 2. The van der Waals surface area contributed by atoms with Gasteiger partial charge in [0.05, 0.1) is 0 Å². The first-order chi connectivity index (χ1) is 12.5. The van der Waals surface area contributed by atoms with E-state index in [9.17, 15) is 9.18 Å². The largest absolute Gasteiger partial charge is 0.351 e. The molecule has 1 aliphatic heterocycles. The summed E-state index contributed by atoms with van der Waals surface area (Å²) in [4.78, 5) is 13.7. The number of nitrogens with two attached hydrogens (primary N) is 1. The number of amides is 2. The normalized spacial score (nSPS) is 15.8. The molecule has 0 bridgehead atoms. The van der Waals surface area contributed by atoms with Crippen molar-refractivity contribution in [3.8, 4) is 0 Å². The number of nitrogens with one attached hydrogen (secondary N) is 1. The van der Waals surface area contributed by atoms with Gasteiger partial charge in [-0.05, 0) is 80.1 Å². The number of primary amides is 1. The minimum absolute atomic E-state index is 0.179. The van der Waals surface area contributed by atoms with Gasteiger partial charge in [0, 0.05) is 12.2 Å². The van der Waals surface area contributed by atoms with Crippen LogP contribution in [-0.2, 0) is 13.0 Å². The molecule has 1 saturated heterocycles. The molecule has 26 heavy (non-hydrogen) atoms. The van der Waals surface area contributed by atoms with Crippen LogP contribution in [0.25, 0.3) is 0 Å². The molecular weight excluding hydrogens is 329 g/mol. The quantitative estimate of drug-likeness (QED) is 0.849. The molecule has 1 aliphatic rings. The van der Waals surface area contributed by atoms with Crippen LogP contribution >= 0.6 is 0 Å². The fourth-order valence-electron chi connectivity index (χ4n) is 3.69. The molecular formula is C21H26FN3O. The van der Waals surface area contributed by atoms with Crippen LogP contribution in [0.4, 0.5) is 14.9 Å². The van der Waals surface area contributed by atoms with E-state index in [1.54, 1.807) is 0 Å². The second kappa shape index (κ2) is 8.32. The van der Waals surface area contributed by atoms with Crippen molar-refractivity contribution in [1.82, 2.24) is 4.90 Å². The van der Waals surface area contributed by atoms with E-state index < -0.39 is 6.03 Å². The molecule has 5 heteroatoms. The molecule has 2 amide bonds. The zero-order chi connectivity index (χ0) is 18.5. The molecule has 4 nitrogen and oxygen atoms in total. The van der Waals surface area contributed by atoms with Gasteiger partial charge in [0.1, 0.15) is 5.82 Å². The second-order valence-electron chi connectivity index (χ2n) is 7.14. The van der Waals surface area contributed by atoms with Crippen molar-refractivity contribution in [2.24, 2.45) is 11.7 Å². The maximum Gasteiger partial charge on any atom is 0.316 e. The molecule has 3 N–H and O–H groups in total. The van der Waals surface area contributed by atoms with Gasteiger partial charge in [-0.3, -0.25) is 4.90 Å². The number of piperidine rings is 1. The number of hydrogen-bond donors (Lipinski definition) is 2. The van der Waals surface area contributed by atoms with Gasteiger partial charge in [-0.2, -0.15) is 0 Å². The number of likely N-dealkylation sites (tertiary alicyclic amines) is 1. The lowest BCUT2D eigenvalue weighted by molar-refractivity contribution is 0.177. The van der Waals surface area contributed by atoms with E-state index in [4.69, 9.17) is 5.73 Å². The van der Waals surface area contributed by atoms with Gasteiger partial charge in [-0.25, -0.2) is 9.18 Å². The minimum Gasteiger partial charge on any atom is -0.351 e. The number of halogens is 1. The first kappa shape index (κ1) is 18.4. The van der Waals surface area contributed by atoms with Crippen molar-refractivity contribution < 1.29 is 9.18 Å². The Kier molecular flexibility index (Phi) is 5.89. The Hall–Kier alpha value is -2.40. The molecule has 1 heterocycles. The van der Waals surface area contributed by atoms with Crippen LogP contribution < -0.4 is 11.1 Å². The van der Waals surface area contributed by atoms with Crippen molar-refractivity contribution in [1.29, 1.82) is 0 Å². The fraction of sp³-hybridized carbons (Fsp3) is 0.381. The average Bonchev–Trinajstić information content (AvgIpc) is 2.61. The number of rotatable bonds is 5. The highest BCUT2D eigenvalue weighted by Gasteiger charge is 2.21. The molecule has 2 aromatic carbocycles. The zero-order valence-electron chi connectivity index (χ0n) is 15.2. The molecule has 0 spiro atoms. The van der Waals surface area contributed by atoms with E-state index in [1.807, 2.05) is 24.3 Å². The predicted molar refractivity (Wildman–Crippen MR) is 102 cm³/mol. The molecule has 1 fully saturated rings. The molecule has 2 aromatic rings. The predicted octanol–water partition coefficient (Wildman–Crippen LogP) is 4.08. The van der Waals surface area contributed by atoms with Gasteiger partial charge in [-0.1, -0.05) is 24.3 Å². The number of carbonyl (C=O) groups excluding carboxylic acids is 1. The number of anilines is 1. The number of carbonyl (C=O) groups is 1. The lowest BCUT2D eigenvalue weighted by Crippen LogP contribution is -2.34. The summed E-state index contributed by atoms with van der Waals surface area (Å²) in [6, 6.07) is 12.2. The van der Waals surface area contributed by atoms with E-state index in [2.05, 4.69) is 23.2 Å². The van der Waals surface area contributed by atoms with Crippen LogP contribution in [0.3, 0.4) is 0 Å². The number of hydrogen-bond acceptors (Lipinski definition) is 2. The molecule has 138 valence electrons. The summed E-state index contributed by atoms with van der Waals surface area (Å²) in [6.07, 6.45) is 3.26. The Morgan fingerprint density at radius 3 is 2.54 bits per heavy atom. The third-order valence-corrected chi connectivity index (χ3v) is 5.19. The topological polar surface area (TPSA) is 58.4 Å². The summed E-state index contributed by atoms with van der Waals surface area (Å²) in [7, 11) is 0. The van der Waals surface area contributed by atoms with E-state index in [1.165, 1.54) is 17.7 Å². The maximum atomic E-state index is 13.0. The molecule has 0 unspecified atom stereocenters. The van der Waals surface area contributed by atoms with Crippen LogP contribution in [0.15, 0.2) is 42.5 Å². The molecule has 0 atom stereocenters. The standard InChI is InChI=1S/C21H26FN3O/c1-15-3-2-4-20(24-21(23)26)19(15)14-25-11-9-17(10-12-25)13-16-5-7-18(22)8-6-16/h2-8,17H,9-14H2,1H3,(H3,23,24,26). The lowest BCUT2D eigenvalue weighted by Gasteiger charge is -2.33. The SMILES string of the molecule is Cc1cccc(NC(N)=O)c1CN1CCC(Cc2ccc(F)cc2)CC1. The van der Waals surface area contributed by atoms with Crippen molar-refractivity contribution >= 4 is 11.7 Å². The zero-order valence-corrected chi connectivity index (χ0v) is 15.2. The average molecular weight is 355 g/mol. The van der Waals surface area contributed by atoms with Crippen LogP contribution in [0, 0.1) is 18.7 Å². The summed E-state index contributed by atoms with van der Waals surface area (Å²) in [6.45, 7) is 4.92. The Morgan fingerprint density at radius 2 is 1.88 bits per heavy atom. The highest BCUT2D eigenvalue weighted by molar-refractivity contribution is 5.88. The van der Waals surface area contributed by atoms with Crippen LogP contribution in [-0.4, -0.2) is 24.0 Å². The summed E-state index contributed by atoms with van der Waals surface area (Å²) >= 11 is 0. The van der Waals surface area contributed by atoms with E-state index in [-0.39, 0.29) is 5.82 Å². The Labute approximate surface area is 154 Å². The maximum absolute atomic E-state index is 13.0. The van der Waals surface area contributed by atoms with E-state index >= 15 is 0 Å². The van der Waals surface area contributed by atoms with Gasteiger partial charge in [0.25, 0.3) is 0 Å². The van der Waals surface area contributed by atoms with Gasteiger partial charge in [-0.15, -0.1) is 0 Å². The van der Waals surface area contributed by atoms with Gasteiger partial charge in [0.15, 0.2) is 0 Å². The molecule has 0 aliphatic carbocycles. The minimum atomic E-state index is -0.533. The van der Waals surface area contributed by atoms with E-state index in [0.29, 0.717) is 5.92 Å². The monoisotopic (exact) mass is 355 g/mol. The summed E-state index contributed by atoms with van der Waals surface area (Å²) in [5.41, 5.74) is 9.58. The van der Waals surface area contributed by atoms with Crippen molar-refractivity contribution in [2.45, 2.75) is 32.7 Å². The molecule has 0 saturated carbocycles.